The maximum absolute atomic E-state index is 12.8. The van der Waals surface area contributed by atoms with Gasteiger partial charge in [0.15, 0.2) is 11.5 Å². The Morgan fingerprint density at radius 3 is 2.39 bits per heavy atom. The molecule has 0 saturated carbocycles. The molecule has 6 nitrogen and oxygen atoms in total. The molecule has 0 bridgehead atoms. The van der Waals surface area contributed by atoms with E-state index in [4.69, 9.17) is 24.7 Å². The molecule has 0 radical (unpaired) electrons. The molecule has 0 amide bonds. The number of benzene rings is 1. The van der Waals surface area contributed by atoms with Crippen LogP contribution >= 0.6 is 0 Å². The molecule has 0 heterocycles. The van der Waals surface area contributed by atoms with Crippen LogP contribution in [0.2, 0.25) is 0 Å². The molecular weight excluding hydrogens is 298 g/mol. The van der Waals surface area contributed by atoms with E-state index in [0.717, 1.165) is 0 Å². The summed E-state index contributed by atoms with van der Waals surface area (Å²) in [6.07, 6.45) is 1.76. The quantitative estimate of drug-likeness (QED) is 0.638. The zero-order valence-electron chi connectivity index (χ0n) is 13.7. The first-order chi connectivity index (χ1) is 11.0. The van der Waals surface area contributed by atoms with Crippen LogP contribution in [-0.4, -0.2) is 40.0 Å². The standard InChI is InChI=1S/C17H21NO5/c1-20-12-7-5-6-11(8-12)16(19)13-9-15(21-2)17(22-3,23-4)10-14(13)18/h5-9H,10,18H2,1-4H3. The van der Waals surface area contributed by atoms with Crippen LogP contribution in [-0.2, 0) is 14.2 Å². The molecule has 124 valence electrons. The van der Waals surface area contributed by atoms with Gasteiger partial charge in [0.25, 0.3) is 0 Å². The second-order valence-electron chi connectivity index (χ2n) is 5.05. The molecule has 0 saturated heterocycles. The highest BCUT2D eigenvalue weighted by Gasteiger charge is 2.41. The van der Waals surface area contributed by atoms with Crippen LogP contribution in [0.5, 0.6) is 5.75 Å². The first kappa shape index (κ1) is 17.1. The molecule has 1 aliphatic rings. The van der Waals surface area contributed by atoms with Crippen LogP contribution in [0.15, 0.2) is 47.4 Å². The highest BCUT2D eigenvalue weighted by atomic mass is 16.7. The van der Waals surface area contributed by atoms with Crippen LogP contribution < -0.4 is 10.5 Å². The Hall–Kier alpha value is -2.31. The molecule has 0 fully saturated rings. The summed E-state index contributed by atoms with van der Waals surface area (Å²) in [5.74, 6) is -0.332. The third kappa shape index (κ3) is 3.09. The normalized spacial score (nSPS) is 16.8. The van der Waals surface area contributed by atoms with Gasteiger partial charge in [-0.2, -0.15) is 0 Å². The topological polar surface area (TPSA) is 80.0 Å². The Kier molecular flexibility index (Phi) is 5.08. The Morgan fingerprint density at radius 1 is 1.13 bits per heavy atom. The second kappa shape index (κ2) is 6.85. The van der Waals surface area contributed by atoms with Crippen molar-refractivity contribution in [1.29, 1.82) is 0 Å². The van der Waals surface area contributed by atoms with E-state index in [1.807, 2.05) is 0 Å². The smallest absolute Gasteiger partial charge is 0.232 e. The summed E-state index contributed by atoms with van der Waals surface area (Å²) in [6, 6.07) is 6.89. The summed E-state index contributed by atoms with van der Waals surface area (Å²) in [5, 5.41) is 0. The number of Topliss-reactive ketones (excluding diaryl/α,β-unsaturated/α-hetero) is 1. The molecule has 0 atom stereocenters. The summed E-state index contributed by atoms with van der Waals surface area (Å²) < 4.78 is 21.3. The molecule has 2 N–H and O–H groups in total. The summed E-state index contributed by atoms with van der Waals surface area (Å²) in [5.41, 5.74) is 7.32. The van der Waals surface area contributed by atoms with Crippen LogP contribution in [0, 0.1) is 0 Å². The Morgan fingerprint density at radius 2 is 1.83 bits per heavy atom. The SMILES string of the molecule is COC1=CC(C(=O)c2cccc(OC)c2)=C(N)CC1(OC)OC. The van der Waals surface area contributed by atoms with Gasteiger partial charge < -0.3 is 24.7 Å². The monoisotopic (exact) mass is 319 g/mol. The largest absolute Gasteiger partial charge is 0.497 e. The second-order valence-corrected chi connectivity index (χ2v) is 5.05. The van der Waals surface area contributed by atoms with Crippen molar-refractivity contribution in [2.24, 2.45) is 5.73 Å². The number of allylic oxidation sites excluding steroid dienone is 2. The number of hydrogen-bond acceptors (Lipinski definition) is 6. The zero-order chi connectivity index (χ0) is 17.0. The predicted molar refractivity (Wildman–Crippen MR) is 85.0 cm³/mol. The van der Waals surface area contributed by atoms with Gasteiger partial charge in [-0.3, -0.25) is 4.79 Å². The Bertz CT molecular complexity index is 659. The van der Waals surface area contributed by atoms with E-state index < -0.39 is 5.79 Å². The molecule has 1 aromatic rings. The molecule has 6 heteroatoms. The lowest BCUT2D eigenvalue weighted by Gasteiger charge is -2.35. The van der Waals surface area contributed by atoms with E-state index in [9.17, 15) is 4.79 Å². The zero-order valence-corrected chi connectivity index (χ0v) is 13.7. The van der Waals surface area contributed by atoms with Gasteiger partial charge in [0.2, 0.25) is 5.79 Å². The molecular formula is C17H21NO5. The number of hydrogen-bond donors (Lipinski definition) is 1. The van der Waals surface area contributed by atoms with Gasteiger partial charge in [-0.05, 0) is 18.2 Å². The van der Waals surface area contributed by atoms with Gasteiger partial charge >= 0.3 is 0 Å². The van der Waals surface area contributed by atoms with Crippen molar-refractivity contribution >= 4 is 5.78 Å². The van der Waals surface area contributed by atoms with E-state index in [0.29, 0.717) is 28.3 Å². The molecule has 1 aliphatic carbocycles. The summed E-state index contributed by atoms with van der Waals surface area (Å²) in [7, 11) is 6.04. The number of carbonyl (C=O) groups excluding carboxylic acids is 1. The van der Waals surface area contributed by atoms with Gasteiger partial charge in [-0.1, -0.05) is 12.1 Å². The number of ether oxygens (including phenoxy) is 4. The number of nitrogens with two attached hydrogens (primary N) is 1. The first-order valence-corrected chi connectivity index (χ1v) is 7.05. The van der Waals surface area contributed by atoms with Crippen molar-refractivity contribution in [3.63, 3.8) is 0 Å². The molecule has 0 unspecified atom stereocenters. The molecule has 0 spiro atoms. The predicted octanol–water partition coefficient (Wildman–Crippen LogP) is 2.01. The molecule has 1 aromatic carbocycles. The average Bonchev–Trinajstić information content (AvgIpc) is 2.60. The third-order valence-electron chi connectivity index (χ3n) is 3.88. The van der Waals surface area contributed by atoms with Crippen molar-refractivity contribution in [3.05, 3.63) is 52.9 Å². The molecule has 0 aliphatic heterocycles. The van der Waals surface area contributed by atoms with Gasteiger partial charge in [0, 0.05) is 37.5 Å². The van der Waals surface area contributed by atoms with Crippen molar-refractivity contribution in [2.75, 3.05) is 28.4 Å². The Balaban J connectivity index is 2.43. The van der Waals surface area contributed by atoms with Gasteiger partial charge in [0.05, 0.1) is 14.2 Å². The highest BCUT2D eigenvalue weighted by molar-refractivity contribution is 6.11. The van der Waals surface area contributed by atoms with Crippen LogP contribution in [0.1, 0.15) is 16.8 Å². The lowest BCUT2D eigenvalue weighted by atomic mass is 9.91. The maximum atomic E-state index is 12.8. The minimum atomic E-state index is -1.11. The molecule has 2 rings (SSSR count). The van der Waals surface area contributed by atoms with E-state index in [-0.39, 0.29) is 12.2 Å². The minimum absolute atomic E-state index is 0.199. The Labute approximate surface area is 135 Å². The van der Waals surface area contributed by atoms with Crippen molar-refractivity contribution in [3.8, 4) is 5.75 Å². The van der Waals surface area contributed by atoms with E-state index >= 15 is 0 Å². The minimum Gasteiger partial charge on any atom is -0.497 e. The fourth-order valence-electron chi connectivity index (χ4n) is 2.54. The van der Waals surface area contributed by atoms with Crippen molar-refractivity contribution in [1.82, 2.24) is 0 Å². The van der Waals surface area contributed by atoms with Gasteiger partial charge in [0.1, 0.15) is 5.75 Å². The van der Waals surface area contributed by atoms with E-state index in [1.165, 1.54) is 21.3 Å². The maximum Gasteiger partial charge on any atom is 0.232 e. The fraction of sp³-hybridized carbons (Fsp3) is 0.353. The third-order valence-corrected chi connectivity index (χ3v) is 3.88. The molecule has 0 aromatic heterocycles. The van der Waals surface area contributed by atoms with Gasteiger partial charge in [-0.25, -0.2) is 0 Å². The van der Waals surface area contributed by atoms with Crippen molar-refractivity contribution < 1.29 is 23.7 Å². The summed E-state index contributed by atoms with van der Waals surface area (Å²) >= 11 is 0. The number of methoxy groups -OCH3 is 4. The van der Waals surface area contributed by atoms with E-state index in [1.54, 1.807) is 37.5 Å². The fourth-order valence-corrected chi connectivity index (χ4v) is 2.54. The average molecular weight is 319 g/mol. The number of rotatable bonds is 6. The lowest BCUT2D eigenvalue weighted by Crippen LogP contribution is -2.41. The van der Waals surface area contributed by atoms with Crippen LogP contribution in [0.3, 0.4) is 0 Å². The van der Waals surface area contributed by atoms with E-state index in [2.05, 4.69) is 0 Å². The number of carbonyl (C=O) groups is 1. The lowest BCUT2D eigenvalue weighted by molar-refractivity contribution is -0.200. The van der Waals surface area contributed by atoms with Crippen molar-refractivity contribution in [2.45, 2.75) is 12.2 Å². The summed E-state index contributed by atoms with van der Waals surface area (Å²) in [6.45, 7) is 0. The highest BCUT2D eigenvalue weighted by Crippen LogP contribution is 2.36. The number of ketones is 1. The van der Waals surface area contributed by atoms with Crippen LogP contribution in [0.25, 0.3) is 0 Å². The molecule has 23 heavy (non-hydrogen) atoms. The first-order valence-electron chi connectivity index (χ1n) is 7.05. The van der Waals surface area contributed by atoms with Crippen LogP contribution in [0.4, 0.5) is 0 Å². The summed E-state index contributed by atoms with van der Waals surface area (Å²) in [4.78, 5) is 12.8. The van der Waals surface area contributed by atoms with Gasteiger partial charge in [-0.15, -0.1) is 0 Å².